The molecule has 0 aliphatic heterocycles. The molecule has 0 unspecified atom stereocenters. The molecule has 1 aromatic rings. The van der Waals surface area contributed by atoms with Crippen LogP contribution in [0.25, 0.3) is 0 Å². The lowest BCUT2D eigenvalue weighted by atomic mass is 10.3. The Morgan fingerprint density at radius 3 is 2.25 bits per heavy atom. The maximum absolute atomic E-state index is 11.7. The van der Waals surface area contributed by atoms with Crippen LogP contribution in [0.3, 0.4) is 0 Å². The second-order valence-corrected chi connectivity index (χ2v) is 3.60. The molecule has 1 amide bonds. The first-order chi connectivity index (χ1) is 9.58. The molecule has 0 saturated heterocycles. The molecule has 0 radical (unpaired) electrons. The molecule has 0 aliphatic carbocycles. The van der Waals surface area contributed by atoms with Crippen LogP contribution in [0, 0.1) is 0 Å². The van der Waals surface area contributed by atoms with E-state index in [0.29, 0.717) is 0 Å². The zero-order chi connectivity index (χ0) is 15.0. The maximum Gasteiger partial charge on any atom is 0.340 e. The van der Waals surface area contributed by atoms with Crippen molar-refractivity contribution in [1.29, 1.82) is 0 Å². The summed E-state index contributed by atoms with van der Waals surface area (Å²) >= 11 is 0. The second-order valence-electron chi connectivity index (χ2n) is 3.60. The lowest BCUT2D eigenvalue weighted by Crippen LogP contribution is -2.49. The highest BCUT2D eigenvalue weighted by atomic mass is 16.6. The number of carbonyl (C=O) groups is 3. The number of hydrogen-bond acceptors (Lipinski definition) is 7. The SMILES string of the molecule is CCOC(=O)C(NC(=O)Cn1cncn1)C(=O)OCC. The summed E-state index contributed by atoms with van der Waals surface area (Å²) in [4.78, 5) is 38.6. The highest BCUT2D eigenvalue weighted by Gasteiger charge is 2.31. The number of esters is 2. The summed E-state index contributed by atoms with van der Waals surface area (Å²) in [5.74, 6) is -2.31. The molecule has 20 heavy (non-hydrogen) atoms. The summed E-state index contributed by atoms with van der Waals surface area (Å²) in [7, 11) is 0. The van der Waals surface area contributed by atoms with Crippen molar-refractivity contribution in [3.8, 4) is 0 Å². The van der Waals surface area contributed by atoms with Crippen LogP contribution in [0.5, 0.6) is 0 Å². The van der Waals surface area contributed by atoms with Crippen molar-refractivity contribution in [2.24, 2.45) is 0 Å². The van der Waals surface area contributed by atoms with Crippen LogP contribution in [0.15, 0.2) is 12.7 Å². The summed E-state index contributed by atoms with van der Waals surface area (Å²) in [6.07, 6.45) is 2.60. The van der Waals surface area contributed by atoms with E-state index in [1.54, 1.807) is 13.8 Å². The maximum atomic E-state index is 11.7. The van der Waals surface area contributed by atoms with E-state index in [4.69, 9.17) is 9.47 Å². The van der Waals surface area contributed by atoms with Gasteiger partial charge in [-0.2, -0.15) is 5.10 Å². The first-order valence-electron chi connectivity index (χ1n) is 6.03. The van der Waals surface area contributed by atoms with E-state index in [9.17, 15) is 14.4 Å². The van der Waals surface area contributed by atoms with Crippen LogP contribution in [0.4, 0.5) is 0 Å². The third-order valence-electron chi connectivity index (χ3n) is 2.12. The van der Waals surface area contributed by atoms with Crippen molar-refractivity contribution >= 4 is 17.8 Å². The lowest BCUT2D eigenvalue weighted by Gasteiger charge is -2.15. The smallest absolute Gasteiger partial charge is 0.340 e. The van der Waals surface area contributed by atoms with Crippen molar-refractivity contribution in [3.63, 3.8) is 0 Å². The first kappa shape index (κ1) is 15.6. The normalized spacial score (nSPS) is 10.2. The predicted octanol–water partition coefficient (Wildman–Crippen LogP) is -1.11. The number of amides is 1. The molecule has 9 heteroatoms. The van der Waals surface area contributed by atoms with Crippen molar-refractivity contribution in [3.05, 3.63) is 12.7 Å². The van der Waals surface area contributed by atoms with Crippen LogP contribution < -0.4 is 5.32 Å². The van der Waals surface area contributed by atoms with Crippen LogP contribution in [0.2, 0.25) is 0 Å². The topological polar surface area (TPSA) is 112 Å². The van der Waals surface area contributed by atoms with Gasteiger partial charge in [0.2, 0.25) is 11.9 Å². The molecule has 0 atom stereocenters. The molecule has 1 aromatic heterocycles. The van der Waals surface area contributed by atoms with E-state index in [1.165, 1.54) is 17.3 Å². The van der Waals surface area contributed by atoms with E-state index < -0.39 is 23.9 Å². The van der Waals surface area contributed by atoms with Crippen molar-refractivity contribution in [2.75, 3.05) is 13.2 Å². The van der Waals surface area contributed by atoms with Gasteiger partial charge in [0.05, 0.1) is 13.2 Å². The van der Waals surface area contributed by atoms with E-state index in [2.05, 4.69) is 15.4 Å². The van der Waals surface area contributed by atoms with Crippen molar-refractivity contribution in [2.45, 2.75) is 26.4 Å². The largest absolute Gasteiger partial charge is 0.464 e. The molecule has 1 heterocycles. The van der Waals surface area contributed by atoms with Crippen LogP contribution in [0.1, 0.15) is 13.8 Å². The number of ether oxygens (including phenoxy) is 2. The van der Waals surface area contributed by atoms with Crippen LogP contribution in [-0.2, 0) is 30.4 Å². The Morgan fingerprint density at radius 2 is 1.80 bits per heavy atom. The van der Waals surface area contributed by atoms with Gasteiger partial charge in [-0.15, -0.1) is 0 Å². The van der Waals surface area contributed by atoms with Gasteiger partial charge in [0.1, 0.15) is 19.2 Å². The average Bonchev–Trinajstić information content (AvgIpc) is 2.89. The lowest BCUT2D eigenvalue weighted by molar-refractivity contribution is -0.159. The third kappa shape index (κ3) is 4.67. The Morgan fingerprint density at radius 1 is 1.20 bits per heavy atom. The average molecular weight is 284 g/mol. The van der Waals surface area contributed by atoms with E-state index in [0.717, 1.165) is 0 Å². The summed E-state index contributed by atoms with van der Waals surface area (Å²) < 4.78 is 10.7. The Bertz CT molecular complexity index is 441. The highest BCUT2D eigenvalue weighted by Crippen LogP contribution is 1.95. The fourth-order valence-electron chi connectivity index (χ4n) is 1.33. The van der Waals surface area contributed by atoms with Crippen molar-refractivity contribution in [1.82, 2.24) is 20.1 Å². The van der Waals surface area contributed by atoms with E-state index in [-0.39, 0.29) is 19.8 Å². The van der Waals surface area contributed by atoms with E-state index in [1.807, 2.05) is 0 Å². The van der Waals surface area contributed by atoms with Gasteiger partial charge in [0.25, 0.3) is 0 Å². The van der Waals surface area contributed by atoms with Gasteiger partial charge < -0.3 is 14.8 Å². The predicted molar refractivity (Wildman–Crippen MR) is 65.2 cm³/mol. The minimum atomic E-state index is -1.48. The number of rotatable bonds is 7. The van der Waals surface area contributed by atoms with Gasteiger partial charge in [0.15, 0.2) is 0 Å². The first-order valence-corrected chi connectivity index (χ1v) is 6.03. The molecule has 110 valence electrons. The van der Waals surface area contributed by atoms with Crippen LogP contribution in [-0.4, -0.2) is 51.9 Å². The van der Waals surface area contributed by atoms with Gasteiger partial charge in [-0.05, 0) is 13.8 Å². The minimum absolute atomic E-state index is 0.0910. The van der Waals surface area contributed by atoms with Gasteiger partial charge in [-0.3, -0.25) is 4.79 Å². The zero-order valence-electron chi connectivity index (χ0n) is 11.2. The molecule has 1 N–H and O–H groups in total. The Balaban J connectivity index is 2.65. The summed E-state index contributed by atoms with van der Waals surface area (Å²) in [6.45, 7) is 3.20. The van der Waals surface area contributed by atoms with E-state index >= 15 is 0 Å². The van der Waals surface area contributed by atoms with Gasteiger partial charge >= 0.3 is 11.9 Å². The fourth-order valence-corrected chi connectivity index (χ4v) is 1.33. The monoisotopic (exact) mass is 284 g/mol. The number of aromatic nitrogens is 3. The number of hydrogen-bond donors (Lipinski definition) is 1. The zero-order valence-corrected chi connectivity index (χ0v) is 11.2. The van der Waals surface area contributed by atoms with Gasteiger partial charge in [-0.25, -0.2) is 19.3 Å². The third-order valence-corrected chi connectivity index (χ3v) is 2.12. The van der Waals surface area contributed by atoms with Crippen LogP contribution >= 0.6 is 0 Å². The molecule has 0 fully saturated rings. The molecular weight excluding hydrogens is 268 g/mol. The summed E-state index contributed by atoms with van der Waals surface area (Å²) in [6, 6.07) is -1.48. The Labute approximate surface area is 115 Å². The number of nitrogens with zero attached hydrogens (tertiary/aromatic N) is 3. The second kappa shape index (κ2) is 7.87. The Kier molecular flexibility index (Phi) is 6.14. The standard InChI is InChI=1S/C11H16N4O5/c1-3-19-10(17)9(11(18)20-4-2)14-8(16)5-15-7-12-6-13-15/h6-7,9H,3-5H2,1-2H3,(H,14,16). The summed E-state index contributed by atoms with van der Waals surface area (Å²) in [5.41, 5.74) is 0. The minimum Gasteiger partial charge on any atom is -0.464 e. The molecule has 1 rings (SSSR count). The molecule has 0 aromatic carbocycles. The highest BCUT2D eigenvalue weighted by molar-refractivity contribution is 6.02. The van der Waals surface area contributed by atoms with Crippen molar-refractivity contribution < 1.29 is 23.9 Å². The molecule has 0 spiro atoms. The van der Waals surface area contributed by atoms with Gasteiger partial charge in [0, 0.05) is 0 Å². The quantitative estimate of drug-likeness (QED) is 0.499. The molecule has 0 saturated carbocycles. The fraction of sp³-hybridized carbons (Fsp3) is 0.545. The van der Waals surface area contributed by atoms with Gasteiger partial charge in [-0.1, -0.05) is 0 Å². The molecule has 0 aliphatic rings. The number of carbonyl (C=O) groups excluding carboxylic acids is 3. The summed E-state index contributed by atoms with van der Waals surface area (Å²) in [5, 5.41) is 5.99. The Hall–Kier alpha value is -2.45. The number of nitrogens with one attached hydrogen (secondary N) is 1. The molecular formula is C11H16N4O5. The molecule has 9 nitrogen and oxygen atoms in total. The molecule has 0 bridgehead atoms.